The first-order valence-electron chi connectivity index (χ1n) is 4.91. The Morgan fingerprint density at radius 3 is 2.73 bits per heavy atom. The summed E-state index contributed by atoms with van der Waals surface area (Å²) in [5.74, 6) is 0. The van der Waals surface area contributed by atoms with Crippen LogP contribution in [0.2, 0.25) is 0 Å². The van der Waals surface area contributed by atoms with E-state index in [1.165, 1.54) is 0 Å². The maximum atomic E-state index is 12.1. The molecule has 0 aliphatic carbocycles. The van der Waals surface area contributed by atoms with Gasteiger partial charge in [-0.25, -0.2) is 5.09 Å². The number of hydrogen-bond donors (Lipinski definition) is 1. The number of hydrogen-bond acceptors (Lipinski definition) is 2. The van der Waals surface area contributed by atoms with Gasteiger partial charge in [0.05, 0.1) is 12.8 Å². The fraction of sp³-hybridized carbons (Fsp3) is 0.400. The van der Waals surface area contributed by atoms with Crippen molar-refractivity contribution >= 4 is 23.4 Å². The Bertz CT molecular complexity index is 370. The standard InChI is InChI=1S/C10H13BrNO2P/c11-10-4-2-9(3-5-10)8-15(13)12-6-1-7-14-15/h2-5H,1,6-8H2,(H,12,13). The molecule has 3 nitrogen and oxygen atoms in total. The second kappa shape index (κ2) is 4.79. The van der Waals surface area contributed by atoms with Gasteiger partial charge in [0.1, 0.15) is 0 Å². The lowest BCUT2D eigenvalue weighted by atomic mass is 10.2. The van der Waals surface area contributed by atoms with E-state index in [0.717, 1.165) is 23.0 Å². The van der Waals surface area contributed by atoms with Gasteiger partial charge in [0.2, 0.25) is 0 Å². The third kappa shape index (κ3) is 3.15. The summed E-state index contributed by atoms with van der Waals surface area (Å²) in [6.07, 6.45) is 1.41. The molecule has 5 heteroatoms. The van der Waals surface area contributed by atoms with Crippen LogP contribution >= 0.6 is 23.4 Å². The van der Waals surface area contributed by atoms with Crippen LogP contribution in [-0.2, 0) is 15.3 Å². The van der Waals surface area contributed by atoms with Crippen molar-refractivity contribution in [2.75, 3.05) is 13.2 Å². The van der Waals surface area contributed by atoms with Crippen molar-refractivity contribution in [1.29, 1.82) is 0 Å². The van der Waals surface area contributed by atoms with Gasteiger partial charge in [0.25, 0.3) is 7.52 Å². The Balaban J connectivity index is 2.07. The molecule has 1 atom stereocenters. The number of rotatable bonds is 2. The lowest BCUT2D eigenvalue weighted by Crippen LogP contribution is -2.22. The normalized spacial score (nSPS) is 26.5. The molecule has 1 N–H and O–H groups in total. The van der Waals surface area contributed by atoms with Crippen LogP contribution in [0, 0.1) is 0 Å². The van der Waals surface area contributed by atoms with Gasteiger partial charge in [-0.15, -0.1) is 0 Å². The Kier molecular flexibility index (Phi) is 3.62. The summed E-state index contributed by atoms with van der Waals surface area (Å²) < 4.78 is 18.5. The topological polar surface area (TPSA) is 38.3 Å². The summed E-state index contributed by atoms with van der Waals surface area (Å²) in [7, 11) is -2.62. The van der Waals surface area contributed by atoms with Crippen molar-refractivity contribution in [3.63, 3.8) is 0 Å². The molecule has 0 spiro atoms. The SMILES string of the molecule is O=P1(Cc2ccc(Br)cc2)NCCCO1. The van der Waals surface area contributed by atoms with Crippen LogP contribution in [0.5, 0.6) is 0 Å². The lowest BCUT2D eigenvalue weighted by molar-refractivity contribution is 0.277. The van der Waals surface area contributed by atoms with Crippen LogP contribution in [0.25, 0.3) is 0 Å². The fourth-order valence-electron chi connectivity index (χ4n) is 1.51. The van der Waals surface area contributed by atoms with Crippen molar-refractivity contribution in [3.8, 4) is 0 Å². The molecule has 0 bridgehead atoms. The van der Waals surface area contributed by atoms with Crippen LogP contribution in [0.1, 0.15) is 12.0 Å². The Hall–Kier alpha value is -0.150. The molecular weight excluding hydrogens is 277 g/mol. The van der Waals surface area contributed by atoms with E-state index in [2.05, 4.69) is 21.0 Å². The monoisotopic (exact) mass is 289 g/mol. The molecule has 1 heterocycles. The minimum Gasteiger partial charge on any atom is -0.317 e. The molecule has 0 amide bonds. The first kappa shape index (κ1) is 11.3. The predicted molar refractivity (Wildman–Crippen MR) is 64.0 cm³/mol. The van der Waals surface area contributed by atoms with Gasteiger partial charge in [-0.3, -0.25) is 4.57 Å². The van der Waals surface area contributed by atoms with E-state index in [0.29, 0.717) is 12.8 Å². The molecule has 0 aromatic heterocycles. The lowest BCUT2D eigenvalue weighted by Gasteiger charge is -2.24. The molecule has 1 aromatic carbocycles. The molecular formula is C10H13BrNO2P. The minimum absolute atomic E-state index is 0.472. The summed E-state index contributed by atoms with van der Waals surface area (Å²) in [6, 6.07) is 7.82. The smallest absolute Gasteiger partial charge is 0.274 e. The van der Waals surface area contributed by atoms with Crippen molar-refractivity contribution in [2.45, 2.75) is 12.6 Å². The Morgan fingerprint density at radius 1 is 1.40 bits per heavy atom. The largest absolute Gasteiger partial charge is 0.317 e. The number of halogens is 1. The molecule has 1 unspecified atom stereocenters. The molecule has 0 radical (unpaired) electrons. The molecule has 1 saturated heterocycles. The average molecular weight is 290 g/mol. The van der Waals surface area contributed by atoms with Gasteiger partial charge in [-0.2, -0.15) is 0 Å². The predicted octanol–water partition coefficient (Wildman–Crippen LogP) is 3.15. The van der Waals surface area contributed by atoms with Crippen molar-refractivity contribution in [1.82, 2.24) is 5.09 Å². The van der Waals surface area contributed by atoms with E-state index in [1.807, 2.05) is 24.3 Å². The highest BCUT2D eigenvalue weighted by Crippen LogP contribution is 2.47. The third-order valence-electron chi connectivity index (χ3n) is 2.28. The molecule has 2 rings (SSSR count). The second-order valence-corrected chi connectivity index (χ2v) is 6.71. The third-order valence-corrected chi connectivity index (χ3v) is 4.89. The van der Waals surface area contributed by atoms with E-state index < -0.39 is 7.52 Å². The van der Waals surface area contributed by atoms with Crippen LogP contribution in [-0.4, -0.2) is 13.2 Å². The molecule has 1 aliphatic heterocycles. The van der Waals surface area contributed by atoms with E-state index in [-0.39, 0.29) is 0 Å². The molecule has 1 fully saturated rings. The summed E-state index contributed by atoms with van der Waals surface area (Å²) in [6.45, 7) is 1.38. The highest BCUT2D eigenvalue weighted by Gasteiger charge is 2.25. The van der Waals surface area contributed by atoms with Crippen molar-refractivity contribution in [2.24, 2.45) is 0 Å². The average Bonchev–Trinajstić information content (AvgIpc) is 2.22. The van der Waals surface area contributed by atoms with Crippen LogP contribution in [0.15, 0.2) is 28.7 Å². The zero-order chi connectivity index (χ0) is 10.7. The minimum atomic E-state index is -2.62. The van der Waals surface area contributed by atoms with Gasteiger partial charge in [0.15, 0.2) is 0 Å². The second-order valence-electron chi connectivity index (χ2n) is 3.55. The highest BCUT2D eigenvalue weighted by atomic mass is 79.9. The molecule has 0 saturated carbocycles. The number of benzene rings is 1. The maximum absolute atomic E-state index is 12.1. The maximum Gasteiger partial charge on any atom is 0.274 e. The van der Waals surface area contributed by atoms with Crippen molar-refractivity contribution in [3.05, 3.63) is 34.3 Å². The first-order valence-corrected chi connectivity index (χ1v) is 7.51. The summed E-state index contributed by atoms with van der Waals surface area (Å²) in [5, 5.41) is 2.98. The Morgan fingerprint density at radius 2 is 2.13 bits per heavy atom. The van der Waals surface area contributed by atoms with Crippen LogP contribution in [0.4, 0.5) is 0 Å². The van der Waals surface area contributed by atoms with Gasteiger partial charge in [-0.05, 0) is 24.1 Å². The van der Waals surface area contributed by atoms with Gasteiger partial charge < -0.3 is 4.52 Å². The molecule has 1 aliphatic rings. The van der Waals surface area contributed by atoms with E-state index >= 15 is 0 Å². The van der Waals surface area contributed by atoms with Crippen LogP contribution < -0.4 is 5.09 Å². The first-order chi connectivity index (χ1) is 7.18. The van der Waals surface area contributed by atoms with Gasteiger partial charge in [-0.1, -0.05) is 28.1 Å². The Labute approximate surface area is 97.8 Å². The fourth-order valence-corrected chi connectivity index (χ4v) is 3.68. The summed E-state index contributed by atoms with van der Waals surface area (Å²) in [5.41, 5.74) is 1.04. The molecule has 15 heavy (non-hydrogen) atoms. The highest BCUT2D eigenvalue weighted by molar-refractivity contribution is 9.10. The number of nitrogens with one attached hydrogen (secondary N) is 1. The van der Waals surface area contributed by atoms with E-state index in [4.69, 9.17) is 4.52 Å². The van der Waals surface area contributed by atoms with E-state index in [1.54, 1.807) is 0 Å². The van der Waals surface area contributed by atoms with Gasteiger partial charge in [0, 0.05) is 11.0 Å². The zero-order valence-corrected chi connectivity index (χ0v) is 10.8. The van der Waals surface area contributed by atoms with Gasteiger partial charge >= 0.3 is 0 Å². The quantitative estimate of drug-likeness (QED) is 0.850. The molecule has 1 aromatic rings. The molecule has 82 valence electrons. The summed E-state index contributed by atoms with van der Waals surface area (Å²) in [4.78, 5) is 0. The van der Waals surface area contributed by atoms with E-state index in [9.17, 15) is 4.57 Å². The van der Waals surface area contributed by atoms with Crippen molar-refractivity contribution < 1.29 is 9.09 Å². The summed E-state index contributed by atoms with van der Waals surface area (Å²) >= 11 is 3.37. The van der Waals surface area contributed by atoms with Crippen LogP contribution in [0.3, 0.4) is 0 Å². The zero-order valence-electron chi connectivity index (χ0n) is 8.28.